The van der Waals surface area contributed by atoms with Crippen molar-refractivity contribution in [1.82, 2.24) is 5.32 Å². The Balaban J connectivity index is 1.98. The number of carbonyl (C=O) groups is 1. The van der Waals surface area contributed by atoms with Gasteiger partial charge in [0.05, 0.1) is 5.57 Å². The lowest BCUT2D eigenvalue weighted by Crippen LogP contribution is -2.35. The van der Waals surface area contributed by atoms with Crippen molar-refractivity contribution >= 4 is 11.5 Å². The van der Waals surface area contributed by atoms with Gasteiger partial charge in [0.2, 0.25) is 0 Å². The van der Waals surface area contributed by atoms with Gasteiger partial charge in [0.25, 0.3) is 0 Å². The fourth-order valence-corrected chi connectivity index (χ4v) is 3.99. The van der Waals surface area contributed by atoms with Crippen LogP contribution in [0, 0.1) is 11.3 Å². The van der Waals surface area contributed by atoms with Crippen molar-refractivity contribution in [2.45, 2.75) is 13.3 Å². The first-order chi connectivity index (χ1) is 11.1. The summed E-state index contributed by atoms with van der Waals surface area (Å²) in [7, 11) is 0. The van der Waals surface area contributed by atoms with Gasteiger partial charge in [0.15, 0.2) is 0 Å². The van der Waals surface area contributed by atoms with E-state index < -0.39 is 5.97 Å². The topological polar surface area (TPSA) is 58.6 Å². The lowest BCUT2D eigenvalue weighted by molar-refractivity contribution is -0.130. The molecule has 4 rings (SSSR count). The van der Waals surface area contributed by atoms with E-state index in [0.29, 0.717) is 28.6 Å². The summed E-state index contributed by atoms with van der Waals surface area (Å²) >= 11 is 0. The molecule has 118 valence electrons. The number of benzene rings is 1. The number of hydrogen-bond acceptors (Lipinski definition) is 3. The van der Waals surface area contributed by atoms with E-state index in [1.165, 1.54) is 0 Å². The number of hydrogen-bond donors (Lipinski definition) is 2. The van der Waals surface area contributed by atoms with E-state index in [-0.39, 0.29) is 5.41 Å². The average molecular weight is 309 g/mol. The molecular formula is C19H19NO3. The number of rotatable bonds is 2. The molecule has 1 aromatic carbocycles. The zero-order valence-corrected chi connectivity index (χ0v) is 13.0. The molecule has 1 aliphatic carbocycles. The summed E-state index contributed by atoms with van der Waals surface area (Å²) in [5.74, 6) is 0.745. The minimum atomic E-state index is -0.894. The zero-order chi connectivity index (χ0) is 16.0. The van der Waals surface area contributed by atoms with Crippen LogP contribution in [-0.2, 0) is 4.79 Å². The number of carboxylic acid groups (broad SMARTS) is 1. The lowest BCUT2D eigenvalue weighted by Gasteiger charge is -2.40. The minimum absolute atomic E-state index is 0.338. The third-order valence-electron chi connectivity index (χ3n) is 5.22. The van der Waals surface area contributed by atoms with E-state index in [0.717, 1.165) is 25.1 Å². The van der Waals surface area contributed by atoms with Crippen molar-refractivity contribution in [3.63, 3.8) is 0 Å². The Labute approximate surface area is 135 Å². The van der Waals surface area contributed by atoms with Crippen LogP contribution in [0.15, 0.2) is 53.8 Å². The van der Waals surface area contributed by atoms with Gasteiger partial charge in [-0.1, -0.05) is 37.3 Å². The van der Waals surface area contributed by atoms with Crippen molar-refractivity contribution in [3.05, 3.63) is 59.4 Å². The predicted octanol–water partition coefficient (Wildman–Crippen LogP) is 2.99. The van der Waals surface area contributed by atoms with Gasteiger partial charge >= 0.3 is 5.97 Å². The largest absolute Gasteiger partial charge is 0.478 e. The van der Waals surface area contributed by atoms with Crippen molar-refractivity contribution in [3.8, 4) is 5.75 Å². The number of nitrogens with one attached hydrogen (secondary N) is 1. The molecule has 2 atom stereocenters. The third kappa shape index (κ3) is 2.05. The van der Waals surface area contributed by atoms with Crippen LogP contribution in [0.3, 0.4) is 0 Å². The van der Waals surface area contributed by atoms with Crippen LogP contribution in [0.4, 0.5) is 0 Å². The number of para-hydroxylation sites is 1. The van der Waals surface area contributed by atoms with Gasteiger partial charge in [-0.15, -0.1) is 0 Å². The summed E-state index contributed by atoms with van der Waals surface area (Å²) in [4.78, 5) is 12.1. The van der Waals surface area contributed by atoms with Crippen LogP contribution in [0.25, 0.3) is 5.57 Å². The first-order valence-corrected chi connectivity index (χ1v) is 7.97. The zero-order valence-electron chi connectivity index (χ0n) is 13.0. The summed E-state index contributed by atoms with van der Waals surface area (Å²) in [5, 5.41) is 13.3. The first kappa shape index (κ1) is 14.3. The smallest absolute Gasteiger partial charge is 0.336 e. The van der Waals surface area contributed by atoms with Crippen molar-refractivity contribution in [2.75, 3.05) is 13.1 Å². The average Bonchev–Trinajstić information content (AvgIpc) is 3.08. The molecule has 3 aliphatic rings. The molecule has 2 heterocycles. The fraction of sp³-hybridized carbons (Fsp3) is 0.316. The molecule has 2 aliphatic heterocycles. The van der Waals surface area contributed by atoms with E-state index in [1.807, 2.05) is 36.4 Å². The number of aliphatic carboxylic acids is 1. The van der Waals surface area contributed by atoms with Gasteiger partial charge in [0, 0.05) is 16.6 Å². The minimum Gasteiger partial charge on any atom is -0.478 e. The summed E-state index contributed by atoms with van der Waals surface area (Å²) < 4.78 is 6.04. The summed E-state index contributed by atoms with van der Waals surface area (Å²) in [6, 6.07) is 7.37. The summed E-state index contributed by atoms with van der Waals surface area (Å²) in [6.07, 6.45) is 7.03. The third-order valence-corrected chi connectivity index (χ3v) is 5.22. The van der Waals surface area contributed by atoms with E-state index >= 15 is 0 Å². The Kier molecular flexibility index (Phi) is 3.16. The van der Waals surface area contributed by atoms with Crippen molar-refractivity contribution in [1.29, 1.82) is 0 Å². The van der Waals surface area contributed by atoms with Crippen LogP contribution in [0.1, 0.15) is 18.9 Å². The summed E-state index contributed by atoms with van der Waals surface area (Å²) in [6.45, 7) is 4.00. The highest BCUT2D eigenvalue weighted by atomic mass is 16.5. The number of fused-ring (bicyclic) bond motifs is 2. The Morgan fingerprint density at radius 3 is 2.96 bits per heavy atom. The second kappa shape index (κ2) is 5.10. The number of ether oxygens (including phenoxy) is 1. The Hall–Kier alpha value is -2.33. The van der Waals surface area contributed by atoms with E-state index in [9.17, 15) is 9.90 Å². The first-order valence-electron chi connectivity index (χ1n) is 7.97. The van der Waals surface area contributed by atoms with E-state index in [4.69, 9.17) is 4.74 Å². The quantitative estimate of drug-likeness (QED) is 0.882. The Bertz CT molecular complexity index is 769. The molecule has 2 N–H and O–H groups in total. The summed E-state index contributed by atoms with van der Waals surface area (Å²) in [5.41, 5.74) is 1.51. The maximum Gasteiger partial charge on any atom is 0.336 e. The van der Waals surface area contributed by atoms with E-state index in [2.05, 4.69) is 18.3 Å². The monoisotopic (exact) mass is 309 g/mol. The van der Waals surface area contributed by atoms with Crippen LogP contribution in [0.5, 0.6) is 5.75 Å². The highest BCUT2D eigenvalue weighted by molar-refractivity contribution is 6.19. The molecule has 0 amide bonds. The molecule has 4 nitrogen and oxygen atoms in total. The van der Waals surface area contributed by atoms with Gasteiger partial charge in [-0.25, -0.2) is 4.79 Å². The molecule has 0 bridgehead atoms. The van der Waals surface area contributed by atoms with Gasteiger partial charge in [-0.3, -0.25) is 0 Å². The SMILES string of the molecule is CC1(C2CCNC2)C=CC=C2Oc3ccccc3C(C(=O)O)=C21. The molecule has 0 spiro atoms. The molecule has 1 aromatic rings. The van der Waals surface area contributed by atoms with Crippen LogP contribution < -0.4 is 10.1 Å². The lowest BCUT2D eigenvalue weighted by atomic mass is 9.65. The number of allylic oxidation sites excluding steroid dienone is 4. The molecule has 1 saturated heterocycles. The van der Waals surface area contributed by atoms with Gasteiger partial charge in [0.1, 0.15) is 11.5 Å². The second-order valence-electron chi connectivity index (χ2n) is 6.52. The molecular weight excluding hydrogens is 290 g/mol. The molecule has 0 radical (unpaired) electrons. The molecule has 4 heteroatoms. The second-order valence-corrected chi connectivity index (χ2v) is 6.52. The van der Waals surface area contributed by atoms with Gasteiger partial charge in [-0.2, -0.15) is 0 Å². The van der Waals surface area contributed by atoms with Crippen molar-refractivity contribution < 1.29 is 14.6 Å². The Morgan fingerprint density at radius 2 is 2.22 bits per heavy atom. The van der Waals surface area contributed by atoms with Gasteiger partial charge in [-0.05, 0) is 37.6 Å². The maximum absolute atomic E-state index is 12.1. The maximum atomic E-state index is 12.1. The van der Waals surface area contributed by atoms with Crippen molar-refractivity contribution in [2.24, 2.45) is 11.3 Å². The molecule has 23 heavy (non-hydrogen) atoms. The standard InChI is InChI=1S/C19H19NO3/c1-19(12-8-10-20-11-12)9-4-7-15-17(19)16(18(21)22)13-5-2-3-6-14(13)23-15/h2-7,9,12,20H,8,10-11H2,1H3,(H,21,22). The highest BCUT2D eigenvalue weighted by Gasteiger charge is 2.45. The van der Waals surface area contributed by atoms with Gasteiger partial charge < -0.3 is 15.2 Å². The Morgan fingerprint density at radius 1 is 1.39 bits per heavy atom. The predicted molar refractivity (Wildman–Crippen MR) is 87.9 cm³/mol. The number of carboxylic acids is 1. The molecule has 0 aromatic heterocycles. The fourth-order valence-electron chi connectivity index (χ4n) is 3.99. The normalized spacial score (nSPS) is 28.7. The molecule has 0 saturated carbocycles. The van der Waals surface area contributed by atoms with Crippen LogP contribution in [0.2, 0.25) is 0 Å². The van der Waals surface area contributed by atoms with E-state index in [1.54, 1.807) is 0 Å². The molecule has 2 unspecified atom stereocenters. The van der Waals surface area contributed by atoms with Crippen LogP contribution in [-0.4, -0.2) is 24.2 Å². The van der Waals surface area contributed by atoms with Crippen LogP contribution >= 0.6 is 0 Å². The molecule has 1 fully saturated rings. The highest BCUT2D eigenvalue weighted by Crippen LogP contribution is 2.52.